The first-order valence-corrected chi connectivity index (χ1v) is 18.7. The average molecular weight is 661 g/mol. The zero-order valence-corrected chi connectivity index (χ0v) is 29.6. The van der Waals surface area contributed by atoms with Crippen LogP contribution in [0.15, 0.2) is 42.7 Å². The molecule has 0 bridgehead atoms. The van der Waals surface area contributed by atoms with E-state index in [1.165, 1.54) is 69.7 Å². The van der Waals surface area contributed by atoms with Crippen molar-refractivity contribution in [1.29, 1.82) is 0 Å². The Bertz CT molecular complexity index is 1350. The van der Waals surface area contributed by atoms with Crippen LogP contribution in [0.25, 0.3) is 10.9 Å². The predicted molar refractivity (Wildman–Crippen MR) is 197 cm³/mol. The van der Waals surface area contributed by atoms with Gasteiger partial charge in [-0.1, -0.05) is 83.4 Å². The summed E-state index contributed by atoms with van der Waals surface area (Å²) in [6.07, 6.45) is 19.0. The van der Waals surface area contributed by atoms with Crippen LogP contribution in [0.5, 0.6) is 0 Å². The fourth-order valence-corrected chi connectivity index (χ4v) is 6.45. The van der Waals surface area contributed by atoms with E-state index in [4.69, 9.17) is 9.72 Å². The zero-order chi connectivity index (χ0) is 33.8. The number of anilines is 2. The van der Waals surface area contributed by atoms with E-state index in [1.54, 1.807) is 0 Å². The third-order valence-corrected chi connectivity index (χ3v) is 9.37. The minimum absolute atomic E-state index is 0.461. The highest BCUT2D eigenvalue weighted by Crippen LogP contribution is 2.22. The minimum atomic E-state index is -0.878. The number of hydrogen-bond acceptors (Lipinski definition) is 8. The van der Waals surface area contributed by atoms with Gasteiger partial charge in [0.25, 0.3) is 0 Å². The number of benzene rings is 1. The first-order valence-electron chi connectivity index (χ1n) is 18.7. The second-order valence-corrected chi connectivity index (χ2v) is 13.8. The Balaban J connectivity index is 1.20. The number of carboxylic acid groups (broad SMARTS) is 1. The van der Waals surface area contributed by atoms with Gasteiger partial charge in [-0.05, 0) is 81.2 Å². The average Bonchev–Trinajstić information content (AvgIpc) is 3.09. The van der Waals surface area contributed by atoms with Gasteiger partial charge >= 0.3 is 5.97 Å². The van der Waals surface area contributed by atoms with Crippen LogP contribution in [-0.4, -0.2) is 76.4 Å². The van der Waals surface area contributed by atoms with Crippen LogP contribution < -0.4 is 10.6 Å². The summed E-state index contributed by atoms with van der Waals surface area (Å²) in [7, 11) is 0. The molecule has 3 aromatic rings. The van der Waals surface area contributed by atoms with Crippen LogP contribution in [0.3, 0.4) is 0 Å². The van der Waals surface area contributed by atoms with Crippen molar-refractivity contribution in [2.45, 2.75) is 116 Å². The van der Waals surface area contributed by atoms with Gasteiger partial charge in [0.05, 0.1) is 12.1 Å². The number of rotatable bonds is 25. The summed E-state index contributed by atoms with van der Waals surface area (Å²) in [4.78, 5) is 28.2. The fraction of sp³-hybridized carbons (Fsp3) is 0.641. The van der Waals surface area contributed by atoms with Crippen molar-refractivity contribution >= 4 is 28.5 Å². The lowest BCUT2D eigenvalue weighted by Gasteiger charge is -2.25. The van der Waals surface area contributed by atoms with Gasteiger partial charge in [0.15, 0.2) is 0 Å². The quantitative estimate of drug-likeness (QED) is 0.0775. The SMILES string of the molecule is CC(C)CCCCCCCCCCOCCN(CCCCc1ccc2c(n1)NCCC2)CC[C@H](Nc1ncnc2ccccc12)C(=O)O. The number of nitrogens with one attached hydrogen (secondary N) is 2. The summed E-state index contributed by atoms with van der Waals surface area (Å²) in [5, 5.41) is 17.5. The molecule has 0 aliphatic carbocycles. The Morgan fingerprint density at radius 2 is 1.69 bits per heavy atom. The number of aliphatic carboxylic acids is 1. The maximum absolute atomic E-state index is 12.3. The van der Waals surface area contributed by atoms with Gasteiger partial charge < -0.3 is 25.4 Å². The molecule has 1 aliphatic rings. The largest absolute Gasteiger partial charge is 0.480 e. The molecule has 48 heavy (non-hydrogen) atoms. The third-order valence-electron chi connectivity index (χ3n) is 9.37. The molecule has 264 valence electrons. The summed E-state index contributed by atoms with van der Waals surface area (Å²) in [5.74, 6) is 1.56. The first kappa shape index (κ1) is 37.5. The predicted octanol–water partition coefficient (Wildman–Crippen LogP) is 8.15. The lowest BCUT2D eigenvalue weighted by Crippen LogP contribution is -2.37. The van der Waals surface area contributed by atoms with Crippen molar-refractivity contribution in [3.8, 4) is 0 Å². The van der Waals surface area contributed by atoms with Crippen LogP contribution in [0.4, 0.5) is 11.6 Å². The number of hydrogen-bond donors (Lipinski definition) is 3. The normalized spacial score (nSPS) is 13.5. The highest BCUT2D eigenvalue weighted by atomic mass is 16.5. The van der Waals surface area contributed by atoms with Crippen molar-refractivity contribution in [3.05, 3.63) is 54.0 Å². The van der Waals surface area contributed by atoms with E-state index in [9.17, 15) is 9.90 Å². The van der Waals surface area contributed by atoms with Crippen LogP contribution in [0.2, 0.25) is 0 Å². The van der Waals surface area contributed by atoms with E-state index in [0.717, 1.165) is 86.7 Å². The number of unbranched alkanes of at least 4 members (excludes halogenated alkanes) is 8. The first-order chi connectivity index (χ1) is 23.5. The second kappa shape index (κ2) is 21.6. The van der Waals surface area contributed by atoms with E-state index in [2.05, 4.69) is 51.5 Å². The van der Waals surface area contributed by atoms with Gasteiger partial charge in [0.1, 0.15) is 24.0 Å². The van der Waals surface area contributed by atoms with Gasteiger partial charge in [-0.15, -0.1) is 0 Å². The molecule has 1 aliphatic heterocycles. The number of para-hydroxylation sites is 1. The number of carboxylic acids is 1. The molecule has 0 radical (unpaired) electrons. The van der Waals surface area contributed by atoms with Gasteiger partial charge in [-0.25, -0.2) is 19.7 Å². The number of nitrogens with zero attached hydrogens (tertiary/aromatic N) is 4. The number of ether oxygens (including phenoxy) is 1. The Morgan fingerprint density at radius 1 is 0.896 bits per heavy atom. The summed E-state index contributed by atoms with van der Waals surface area (Å²) in [6.45, 7) is 9.42. The molecule has 9 heteroatoms. The standard InChI is InChI=1S/C39H60N6O3/c1-31(2)16-9-7-5-3-4-6-8-14-28-48-29-27-45(25-13-12-18-33-22-21-32-17-15-24-40-37(32)43-33)26-23-36(39(46)47)44-38-34-19-10-11-20-35(34)41-30-42-38/h10-11,19-22,30-31,36H,3-9,12-18,23-29H2,1-2H3,(H,40,43)(H,46,47)(H,41,42,44)/t36-/m0/s1. The molecular formula is C39H60N6O3. The van der Waals surface area contributed by atoms with Gasteiger partial charge in [0.2, 0.25) is 0 Å². The van der Waals surface area contributed by atoms with Gasteiger partial charge in [-0.2, -0.15) is 0 Å². The fourth-order valence-electron chi connectivity index (χ4n) is 6.45. The van der Waals surface area contributed by atoms with Crippen LogP contribution in [0, 0.1) is 5.92 Å². The lowest BCUT2D eigenvalue weighted by molar-refractivity contribution is -0.138. The number of aryl methyl sites for hydroxylation is 2. The molecule has 0 unspecified atom stereocenters. The molecule has 0 fully saturated rings. The summed E-state index contributed by atoms with van der Waals surface area (Å²) in [6, 6.07) is 11.3. The Kier molecular flexibility index (Phi) is 16.9. The Labute approximate surface area is 288 Å². The molecule has 0 amide bonds. The number of aromatic nitrogens is 3. The molecule has 1 atom stereocenters. The topological polar surface area (TPSA) is 113 Å². The van der Waals surface area contributed by atoms with Crippen LogP contribution in [0.1, 0.15) is 109 Å². The smallest absolute Gasteiger partial charge is 0.326 e. The highest BCUT2D eigenvalue weighted by Gasteiger charge is 2.20. The lowest BCUT2D eigenvalue weighted by atomic mass is 10.0. The molecule has 9 nitrogen and oxygen atoms in total. The number of fused-ring (bicyclic) bond motifs is 2. The summed E-state index contributed by atoms with van der Waals surface area (Å²) < 4.78 is 6.07. The van der Waals surface area contributed by atoms with Gasteiger partial charge in [0, 0.05) is 37.3 Å². The van der Waals surface area contributed by atoms with E-state index in [1.807, 2.05) is 24.3 Å². The van der Waals surface area contributed by atoms with Crippen molar-refractivity contribution in [3.63, 3.8) is 0 Å². The minimum Gasteiger partial charge on any atom is -0.480 e. The molecule has 3 N–H and O–H groups in total. The molecule has 3 heterocycles. The Morgan fingerprint density at radius 3 is 2.50 bits per heavy atom. The van der Waals surface area contributed by atoms with Crippen molar-refractivity contribution in [1.82, 2.24) is 19.9 Å². The van der Waals surface area contributed by atoms with E-state index in [-0.39, 0.29) is 0 Å². The Hall–Kier alpha value is -3.30. The van der Waals surface area contributed by atoms with E-state index < -0.39 is 12.0 Å². The van der Waals surface area contributed by atoms with E-state index >= 15 is 0 Å². The highest BCUT2D eigenvalue weighted by molar-refractivity contribution is 5.90. The van der Waals surface area contributed by atoms with Crippen molar-refractivity contribution in [2.75, 3.05) is 50.0 Å². The van der Waals surface area contributed by atoms with Gasteiger partial charge in [-0.3, -0.25) is 0 Å². The maximum Gasteiger partial charge on any atom is 0.326 e. The summed E-state index contributed by atoms with van der Waals surface area (Å²) in [5.41, 5.74) is 3.25. The molecule has 2 aromatic heterocycles. The van der Waals surface area contributed by atoms with Crippen LogP contribution in [-0.2, 0) is 22.4 Å². The summed E-state index contributed by atoms with van der Waals surface area (Å²) >= 11 is 0. The number of carbonyl (C=O) groups is 1. The maximum atomic E-state index is 12.3. The second-order valence-electron chi connectivity index (χ2n) is 13.8. The molecular weight excluding hydrogens is 600 g/mol. The van der Waals surface area contributed by atoms with Crippen LogP contribution >= 0.6 is 0 Å². The van der Waals surface area contributed by atoms with Crippen molar-refractivity contribution < 1.29 is 14.6 Å². The zero-order valence-electron chi connectivity index (χ0n) is 29.6. The van der Waals surface area contributed by atoms with Crippen molar-refractivity contribution in [2.24, 2.45) is 5.92 Å². The molecule has 0 saturated heterocycles. The number of pyridine rings is 1. The monoisotopic (exact) mass is 660 g/mol. The molecule has 0 saturated carbocycles. The van der Waals surface area contributed by atoms with E-state index in [0.29, 0.717) is 25.4 Å². The molecule has 4 rings (SSSR count). The third kappa shape index (κ3) is 13.7. The molecule has 0 spiro atoms. The molecule has 1 aromatic carbocycles.